The molecule has 2 aliphatic heterocycles. The molecule has 0 radical (unpaired) electrons. The summed E-state index contributed by atoms with van der Waals surface area (Å²) in [4.78, 5) is 13.3. The van der Waals surface area contributed by atoms with Crippen LogP contribution in [0.2, 0.25) is 0 Å². The van der Waals surface area contributed by atoms with E-state index >= 15 is 0 Å². The highest BCUT2D eigenvalue weighted by atomic mass is 16.7. The van der Waals surface area contributed by atoms with E-state index < -0.39 is 86.8 Å². The van der Waals surface area contributed by atoms with Crippen LogP contribution in [0.4, 0.5) is 0 Å². The third-order valence-electron chi connectivity index (χ3n) is 16.9. The molecule has 0 aromatic rings. The van der Waals surface area contributed by atoms with Crippen molar-refractivity contribution in [3.8, 4) is 0 Å². The zero-order valence-electron chi connectivity index (χ0n) is 56.3. The standard InChI is InChI=1S/C76H131NO13/c1-3-5-7-9-11-13-15-17-19-21-23-25-27-29-30-31-32-33-34-36-38-40-42-44-46-48-50-52-54-56-58-60-68(81)77-64(63-87-75-73(86)71(84)74(67(62-79)89-75)90-76-72(85)70(83)69(82)66(61-78)88-76)65(80)59-57-55-53-51-49-47-45-43-41-39-37-35-28-26-24-22-20-18-16-14-12-10-8-6-4-2/h5,7,11,13,17,19,23,25,29-30,32-33,36,38,49,51,57,59,64-67,69-76,78-80,82-86H,3-4,6,8-10,12,14-16,18,20-22,24,26-28,31,34-35,37,39-48,50,52-56,58,60-63H2,1-2H3,(H,77,81)/b7-5-,13-11-,19-17-,25-23-,30-29-,33-32-,38-36-,51-49+,59-57+. The SMILES string of the molecule is CC/C=C\C/C=C\C/C=C\C/C=C\C/C=C\C/C=C\C/C=C\CCCCCCCCCCCC(=O)NC(COC1OC(CO)C(OC2OC(CO)C(O)C(O)C2O)C(O)C1O)C(O)/C=C/CC/C=C/CCCCCCCCCCCCCCCCCCCCC. The van der Waals surface area contributed by atoms with E-state index in [1.54, 1.807) is 6.08 Å². The molecule has 0 aromatic heterocycles. The van der Waals surface area contributed by atoms with Crippen molar-refractivity contribution in [2.45, 2.75) is 344 Å². The summed E-state index contributed by atoms with van der Waals surface area (Å²) in [6.45, 7) is 2.68. The second-order valence-corrected chi connectivity index (χ2v) is 25.0. The summed E-state index contributed by atoms with van der Waals surface area (Å²) in [5, 5.41) is 87.5. The maximum atomic E-state index is 13.3. The summed E-state index contributed by atoms with van der Waals surface area (Å²) < 4.78 is 22.8. The molecule has 1 amide bonds. The number of carbonyl (C=O) groups excluding carboxylic acids is 1. The average molecular weight is 1270 g/mol. The third kappa shape index (κ3) is 42.8. The second kappa shape index (κ2) is 59.4. The second-order valence-electron chi connectivity index (χ2n) is 25.0. The number of nitrogens with one attached hydrogen (secondary N) is 1. The molecule has 2 heterocycles. The first-order chi connectivity index (χ1) is 44.1. The molecule has 0 aliphatic carbocycles. The van der Waals surface area contributed by atoms with Gasteiger partial charge in [-0.25, -0.2) is 0 Å². The summed E-state index contributed by atoms with van der Waals surface area (Å²) in [6, 6.07) is -0.944. The largest absolute Gasteiger partial charge is 0.394 e. The first kappa shape index (κ1) is 82.7. The van der Waals surface area contributed by atoms with Crippen LogP contribution in [0.15, 0.2) is 109 Å². The first-order valence-electron chi connectivity index (χ1n) is 36.1. The van der Waals surface area contributed by atoms with Gasteiger partial charge >= 0.3 is 0 Å². The molecule has 0 aromatic carbocycles. The molecule has 2 saturated heterocycles. The lowest BCUT2D eigenvalue weighted by atomic mass is 9.97. The lowest BCUT2D eigenvalue weighted by Gasteiger charge is -2.46. The Morgan fingerprint density at radius 2 is 0.778 bits per heavy atom. The Morgan fingerprint density at radius 1 is 0.411 bits per heavy atom. The molecule has 2 fully saturated rings. The Kier molecular flexibility index (Phi) is 54.6. The third-order valence-corrected chi connectivity index (χ3v) is 16.9. The fraction of sp³-hybridized carbons (Fsp3) is 0.750. The van der Waals surface area contributed by atoms with Crippen molar-refractivity contribution in [1.82, 2.24) is 5.32 Å². The Bertz CT molecular complexity index is 1930. The van der Waals surface area contributed by atoms with Gasteiger partial charge in [0.2, 0.25) is 5.91 Å². The monoisotopic (exact) mass is 1270 g/mol. The molecule has 14 heteroatoms. The maximum Gasteiger partial charge on any atom is 0.220 e. The number of rotatable bonds is 58. The molecule has 14 nitrogen and oxygen atoms in total. The summed E-state index contributed by atoms with van der Waals surface area (Å²) in [7, 11) is 0. The van der Waals surface area contributed by atoms with Crippen LogP contribution >= 0.6 is 0 Å². The van der Waals surface area contributed by atoms with E-state index in [-0.39, 0.29) is 18.9 Å². The highest BCUT2D eigenvalue weighted by Gasteiger charge is 2.51. The molecule has 90 heavy (non-hydrogen) atoms. The van der Waals surface area contributed by atoms with Crippen LogP contribution in [0.1, 0.15) is 271 Å². The summed E-state index contributed by atoms with van der Waals surface area (Å²) in [5.41, 5.74) is 0. The molecule has 12 unspecified atom stereocenters. The van der Waals surface area contributed by atoms with Crippen LogP contribution in [0.3, 0.4) is 0 Å². The Hall–Kier alpha value is -3.35. The van der Waals surface area contributed by atoms with E-state index in [4.69, 9.17) is 18.9 Å². The Labute approximate surface area is 546 Å². The van der Waals surface area contributed by atoms with E-state index in [0.29, 0.717) is 12.8 Å². The van der Waals surface area contributed by atoms with Gasteiger partial charge < -0.3 is 65.1 Å². The average Bonchev–Trinajstić information content (AvgIpc) is 1.42. The van der Waals surface area contributed by atoms with Gasteiger partial charge in [0.25, 0.3) is 0 Å². The van der Waals surface area contributed by atoms with E-state index in [1.165, 1.54) is 154 Å². The number of hydrogen-bond donors (Lipinski definition) is 9. The number of aliphatic hydroxyl groups excluding tert-OH is 8. The highest BCUT2D eigenvalue weighted by Crippen LogP contribution is 2.30. The predicted molar refractivity (Wildman–Crippen MR) is 369 cm³/mol. The minimum Gasteiger partial charge on any atom is -0.394 e. The number of hydrogen-bond acceptors (Lipinski definition) is 13. The topological polar surface area (TPSA) is 228 Å². The zero-order chi connectivity index (χ0) is 65.2. The molecule has 2 rings (SSSR count). The van der Waals surface area contributed by atoms with Gasteiger partial charge in [-0.1, -0.05) is 284 Å². The lowest BCUT2D eigenvalue weighted by Crippen LogP contribution is -2.65. The zero-order valence-corrected chi connectivity index (χ0v) is 56.3. The quantitative estimate of drug-likeness (QED) is 0.0204. The van der Waals surface area contributed by atoms with Gasteiger partial charge in [0, 0.05) is 6.42 Å². The van der Waals surface area contributed by atoms with Crippen molar-refractivity contribution in [2.75, 3.05) is 19.8 Å². The van der Waals surface area contributed by atoms with E-state index in [2.05, 4.69) is 116 Å². The molecular formula is C76H131NO13. The smallest absolute Gasteiger partial charge is 0.220 e. The Morgan fingerprint density at radius 3 is 1.22 bits per heavy atom. The normalized spacial score (nSPS) is 23.6. The summed E-state index contributed by atoms with van der Waals surface area (Å²) >= 11 is 0. The van der Waals surface area contributed by atoms with Crippen molar-refractivity contribution in [1.29, 1.82) is 0 Å². The van der Waals surface area contributed by atoms with Gasteiger partial charge in [-0.05, 0) is 89.9 Å². The summed E-state index contributed by atoms with van der Waals surface area (Å²) in [5.74, 6) is -0.258. The molecule has 0 bridgehead atoms. The van der Waals surface area contributed by atoms with E-state index in [1.807, 2.05) is 6.08 Å². The van der Waals surface area contributed by atoms with Gasteiger partial charge in [-0.15, -0.1) is 0 Å². The molecule has 9 N–H and O–H groups in total. The number of ether oxygens (including phenoxy) is 4. The fourth-order valence-corrected chi connectivity index (χ4v) is 11.2. The molecule has 0 saturated carbocycles. The number of aliphatic hydroxyl groups is 8. The van der Waals surface area contributed by atoms with Crippen LogP contribution in [0.5, 0.6) is 0 Å². The molecule has 518 valence electrons. The van der Waals surface area contributed by atoms with Gasteiger partial charge in [0.1, 0.15) is 48.8 Å². The number of unbranched alkanes of at least 4 members (excludes halogenated alkanes) is 29. The highest BCUT2D eigenvalue weighted by molar-refractivity contribution is 5.76. The van der Waals surface area contributed by atoms with Crippen LogP contribution in [-0.2, 0) is 23.7 Å². The van der Waals surface area contributed by atoms with Crippen molar-refractivity contribution < 1.29 is 64.6 Å². The van der Waals surface area contributed by atoms with Crippen molar-refractivity contribution >= 4 is 5.91 Å². The van der Waals surface area contributed by atoms with Crippen molar-refractivity contribution in [3.05, 3.63) is 109 Å². The lowest BCUT2D eigenvalue weighted by molar-refractivity contribution is -0.359. The fourth-order valence-electron chi connectivity index (χ4n) is 11.2. The van der Waals surface area contributed by atoms with Crippen LogP contribution in [0, 0.1) is 0 Å². The number of amides is 1. The maximum absolute atomic E-state index is 13.3. The number of carbonyl (C=O) groups is 1. The van der Waals surface area contributed by atoms with Crippen LogP contribution in [-0.4, -0.2) is 140 Å². The molecular weight excluding hydrogens is 1130 g/mol. The first-order valence-corrected chi connectivity index (χ1v) is 36.1. The van der Waals surface area contributed by atoms with Crippen LogP contribution < -0.4 is 5.32 Å². The van der Waals surface area contributed by atoms with Crippen molar-refractivity contribution in [3.63, 3.8) is 0 Å². The van der Waals surface area contributed by atoms with Gasteiger partial charge in [-0.2, -0.15) is 0 Å². The minimum absolute atomic E-state index is 0.258. The van der Waals surface area contributed by atoms with E-state index in [0.717, 1.165) is 83.5 Å². The van der Waals surface area contributed by atoms with Gasteiger partial charge in [0.05, 0.1) is 32.0 Å². The Balaban J connectivity index is 1.70. The van der Waals surface area contributed by atoms with Gasteiger partial charge in [0.15, 0.2) is 12.6 Å². The van der Waals surface area contributed by atoms with E-state index in [9.17, 15) is 45.6 Å². The van der Waals surface area contributed by atoms with Crippen molar-refractivity contribution in [2.24, 2.45) is 0 Å². The minimum atomic E-state index is -1.80. The van der Waals surface area contributed by atoms with Gasteiger partial charge in [-0.3, -0.25) is 4.79 Å². The molecule has 0 spiro atoms. The summed E-state index contributed by atoms with van der Waals surface area (Å²) in [6.07, 6.45) is 68.5. The molecule has 2 aliphatic rings. The number of allylic oxidation sites excluding steroid dienone is 17. The van der Waals surface area contributed by atoms with Crippen LogP contribution in [0.25, 0.3) is 0 Å². The molecule has 12 atom stereocenters. The predicted octanol–water partition coefficient (Wildman–Crippen LogP) is 15.1.